The smallest absolute Gasteiger partial charge is 0.338 e. The summed E-state index contributed by atoms with van der Waals surface area (Å²) in [7, 11) is 0. The second kappa shape index (κ2) is 11.7. The van der Waals surface area contributed by atoms with Gasteiger partial charge in [-0.25, -0.2) is 19.6 Å². The maximum Gasteiger partial charge on any atom is 0.338 e. The lowest BCUT2D eigenvalue weighted by atomic mass is 10.1. The van der Waals surface area contributed by atoms with Gasteiger partial charge < -0.3 is 14.6 Å². The van der Waals surface area contributed by atoms with Crippen molar-refractivity contribution in [3.05, 3.63) is 104 Å². The fraction of sp³-hybridized carbons (Fsp3) is 0.194. The van der Waals surface area contributed by atoms with E-state index in [0.717, 1.165) is 23.3 Å². The van der Waals surface area contributed by atoms with E-state index < -0.39 is 17.8 Å². The zero-order valence-corrected chi connectivity index (χ0v) is 23.5. The second-order valence-corrected chi connectivity index (χ2v) is 9.99. The molecule has 1 aromatic heterocycles. The second-order valence-electron chi connectivity index (χ2n) is 9.02. The summed E-state index contributed by atoms with van der Waals surface area (Å²) in [6.07, 6.45) is 0.778. The highest BCUT2D eigenvalue weighted by atomic mass is 32.1. The van der Waals surface area contributed by atoms with Crippen LogP contribution in [0, 0.1) is 0 Å². The molecule has 0 fully saturated rings. The van der Waals surface area contributed by atoms with Crippen molar-refractivity contribution in [3.8, 4) is 11.6 Å². The molecule has 5 rings (SSSR count). The lowest BCUT2D eigenvalue weighted by molar-refractivity contribution is -0.112. The van der Waals surface area contributed by atoms with E-state index >= 15 is 0 Å². The van der Waals surface area contributed by atoms with E-state index in [2.05, 4.69) is 4.99 Å². The quantitative estimate of drug-likeness (QED) is 0.323. The van der Waals surface area contributed by atoms with Gasteiger partial charge in [0.05, 0.1) is 46.6 Å². The highest BCUT2D eigenvalue weighted by Gasteiger charge is 2.26. The van der Waals surface area contributed by atoms with E-state index in [1.807, 2.05) is 25.1 Å². The molecule has 0 aliphatic carbocycles. The number of hydrogen-bond donors (Lipinski definition) is 1. The monoisotopic (exact) mass is 569 g/mol. The van der Waals surface area contributed by atoms with Crippen LogP contribution in [0.5, 0.6) is 5.88 Å². The van der Waals surface area contributed by atoms with Gasteiger partial charge in [0, 0.05) is 5.22 Å². The highest BCUT2D eigenvalue weighted by molar-refractivity contribution is 7.11. The number of thiazole rings is 1. The van der Waals surface area contributed by atoms with Crippen molar-refractivity contribution in [2.24, 2.45) is 9.98 Å². The fourth-order valence-corrected chi connectivity index (χ4v) is 5.50. The Labute approximate surface area is 239 Å². The summed E-state index contributed by atoms with van der Waals surface area (Å²) in [6, 6.07) is 18.7. The van der Waals surface area contributed by atoms with Crippen molar-refractivity contribution in [2.45, 2.75) is 27.2 Å². The Balaban J connectivity index is 1.70. The average Bonchev–Trinajstić information content (AvgIpc) is 3.47. The number of aryl methyl sites for hydroxylation is 1. The Morgan fingerprint density at radius 2 is 1.51 bits per heavy atom. The summed E-state index contributed by atoms with van der Waals surface area (Å²) >= 11 is 1.14. The number of hydrogen-bond acceptors (Lipinski definition) is 8. The largest absolute Gasteiger partial charge is 0.493 e. The third kappa shape index (κ3) is 5.46. The van der Waals surface area contributed by atoms with Crippen molar-refractivity contribution in [2.75, 3.05) is 13.2 Å². The van der Waals surface area contributed by atoms with Crippen LogP contribution in [-0.4, -0.2) is 40.7 Å². The van der Waals surface area contributed by atoms with Crippen molar-refractivity contribution in [3.63, 3.8) is 0 Å². The third-order valence-electron chi connectivity index (χ3n) is 6.44. The average molecular weight is 570 g/mol. The molecule has 1 N–H and O–H groups in total. The first-order valence-corrected chi connectivity index (χ1v) is 14.0. The number of rotatable bonds is 8. The summed E-state index contributed by atoms with van der Waals surface area (Å²) in [5.74, 6) is -1.52. The van der Waals surface area contributed by atoms with E-state index in [1.54, 1.807) is 62.4 Å². The Kier molecular flexibility index (Phi) is 7.93. The normalized spacial score (nSPS) is 12.7. The molecule has 0 radical (unpaired) electrons. The molecule has 10 heteroatoms. The van der Waals surface area contributed by atoms with E-state index in [0.29, 0.717) is 48.3 Å². The molecule has 4 aromatic rings. The number of aromatic nitrogens is 1. The van der Waals surface area contributed by atoms with Crippen LogP contribution in [0.2, 0.25) is 0 Å². The van der Waals surface area contributed by atoms with Gasteiger partial charge in [0.25, 0.3) is 5.91 Å². The molecular formula is C31H27N3O6S. The van der Waals surface area contributed by atoms with Gasteiger partial charge in [0.15, 0.2) is 4.80 Å². The van der Waals surface area contributed by atoms with Crippen molar-refractivity contribution in [1.29, 1.82) is 0 Å². The number of carbonyl (C=O) groups excluding carboxylic acids is 3. The summed E-state index contributed by atoms with van der Waals surface area (Å²) in [5.41, 5.74) is 3.12. The summed E-state index contributed by atoms with van der Waals surface area (Å²) < 4.78 is 11.6. The summed E-state index contributed by atoms with van der Waals surface area (Å²) in [6.45, 7) is 6.01. The van der Waals surface area contributed by atoms with Crippen LogP contribution in [0.3, 0.4) is 0 Å². The van der Waals surface area contributed by atoms with Gasteiger partial charge in [-0.3, -0.25) is 9.36 Å². The SMILES string of the molecule is CCOC(=O)c1ccc(N=c2sc(C3=c4cc(CC)ccc4=NC3=O)c(O)n2-c2ccc(C(=O)OCC)cc2)cc1. The number of aromatic hydroxyl groups is 1. The Hall–Kier alpha value is -4.83. The molecule has 208 valence electrons. The van der Waals surface area contributed by atoms with Crippen molar-refractivity contribution in [1.82, 2.24) is 4.57 Å². The molecule has 1 aliphatic rings. The van der Waals surface area contributed by atoms with E-state index in [1.165, 1.54) is 4.57 Å². The predicted molar refractivity (Wildman–Crippen MR) is 153 cm³/mol. The Bertz CT molecular complexity index is 1850. The van der Waals surface area contributed by atoms with E-state index in [-0.39, 0.29) is 19.1 Å². The van der Waals surface area contributed by atoms with Gasteiger partial charge in [-0.15, -0.1) is 0 Å². The standard InChI is InChI=1S/C31H27N3O6S/c1-4-18-7-16-24-23(17-18)25(27(35)33-24)26-28(36)34(22-14-10-20(11-15-22)30(38)40-6-3)31(41-26)32-21-12-8-19(9-13-21)29(37)39-5-2/h7-17,36H,4-6H2,1-3H3. The maximum absolute atomic E-state index is 13.1. The molecule has 2 heterocycles. The van der Waals surface area contributed by atoms with Crippen molar-refractivity contribution >= 4 is 40.4 Å². The number of ether oxygens (including phenoxy) is 2. The number of esters is 2. The van der Waals surface area contributed by atoms with Crippen LogP contribution in [0.25, 0.3) is 11.3 Å². The highest BCUT2D eigenvalue weighted by Crippen LogP contribution is 2.31. The van der Waals surface area contributed by atoms with Gasteiger partial charge in [-0.2, -0.15) is 0 Å². The van der Waals surface area contributed by atoms with Crippen LogP contribution in [-0.2, 0) is 20.7 Å². The molecule has 0 atom stereocenters. The van der Waals surface area contributed by atoms with Crippen LogP contribution in [0.4, 0.5) is 5.69 Å². The van der Waals surface area contributed by atoms with Gasteiger partial charge >= 0.3 is 11.9 Å². The fourth-order valence-electron chi connectivity index (χ4n) is 4.40. The number of nitrogens with zero attached hydrogens (tertiary/aromatic N) is 3. The molecular weight excluding hydrogens is 542 g/mol. The molecule has 1 amide bonds. The number of amides is 1. The minimum Gasteiger partial charge on any atom is -0.493 e. The lowest BCUT2D eigenvalue weighted by Crippen LogP contribution is -2.23. The van der Waals surface area contributed by atoms with Crippen molar-refractivity contribution < 1.29 is 29.0 Å². The number of benzene rings is 3. The third-order valence-corrected chi connectivity index (χ3v) is 7.49. The zero-order valence-electron chi connectivity index (χ0n) is 22.7. The maximum atomic E-state index is 13.1. The van der Waals surface area contributed by atoms with Gasteiger partial charge in [-0.1, -0.05) is 24.3 Å². The molecule has 9 nitrogen and oxygen atoms in total. The van der Waals surface area contributed by atoms with Gasteiger partial charge in [-0.05, 0) is 86.5 Å². The molecule has 0 bridgehead atoms. The Morgan fingerprint density at radius 3 is 2.10 bits per heavy atom. The summed E-state index contributed by atoms with van der Waals surface area (Å²) in [5, 5.41) is 12.8. The van der Waals surface area contributed by atoms with Crippen LogP contribution in [0.15, 0.2) is 76.7 Å². The van der Waals surface area contributed by atoms with E-state index in [9.17, 15) is 19.5 Å². The zero-order chi connectivity index (χ0) is 29.1. The molecule has 3 aromatic carbocycles. The van der Waals surface area contributed by atoms with Crippen LogP contribution < -0.4 is 15.4 Å². The minimum atomic E-state index is -0.456. The number of carbonyl (C=O) groups is 3. The molecule has 41 heavy (non-hydrogen) atoms. The molecule has 0 unspecified atom stereocenters. The van der Waals surface area contributed by atoms with Gasteiger partial charge in [0.2, 0.25) is 5.88 Å². The first kappa shape index (κ1) is 27.7. The minimum absolute atomic E-state index is 0.186. The molecule has 1 aliphatic heterocycles. The lowest BCUT2D eigenvalue weighted by Gasteiger charge is -2.08. The Morgan fingerprint density at radius 1 is 0.902 bits per heavy atom. The van der Waals surface area contributed by atoms with Crippen LogP contribution in [0.1, 0.15) is 51.9 Å². The first-order valence-electron chi connectivity index (χ1n) is 13.2. The topological polar surface area (TPSA) is 120 Å². The van der Waals surface area contributed by atoms with E-state index in [4.69, 9.17) is 14.5 Å². The number of fused-ring (bicyclic) bond motifs is 1. The molecule has 0 saturated heterocycles. The predicted octanol–water partition coefficient (Wildman–Crippen LogP) is 3.75. The first-order chi connectivity index (χ1) is 19.8. The van der Waals surface area contributed by atoms with Crippen LogP contribution >= 0.6 is 11.3 Å². The van der Waals surface area contributed by atoms with Gasteiger partial charge in [0.1, 0.15) is 4.88 Å². The molecule has 0 spiro atoms. The molecule has 0 saturated carbocycles. The summed E-state index contributed by atoms with van der Waals surface area (Å²) in [4.78, 5) is 47.0.